The third-order valence-corrected chi connectivity index (χ3v) is 17.0. The van der Waals surface area contributed by atoms with Gasteiger partial charge >= 0.3 is 5.97 Å². The monoisotopic (exact) mass is 1010 g/mol. The molecule has 2 saturated heterocycles. The smallest absolute Gasteiger partial charge is 0.355 e. The van der Waals surface area contributed by atoms with Crippen LogP contribution in [0.4, 0.5) is 16.6 Å². The van der Waals surface area contributed by atoms with Gasteiger partial charge in [-0.15, -0.1) is 0 Å². The minimum atomic E-state index is -1.10. The second-order valence-electron chi connectivity index (χ2n) is 20.6. The number of aromatic nitrogens is 4. The van der Waals surface area contributed by atoms with Crippen molar-refractivity contribution in [3.8, 4) is 16.9 Å². The number of thiazole rings is 1. The summed E-state index contributed by atoms with van der Waals surface area (Å²) in [5.74, 6) is -0.215. The van der Waals surface area contributed by atoms with Crippen LogP contribution in [0.2, 0.25) is 0 Å². The maximum atomic E-state index is 13.7. The van der Waals surface area contributed by atoms with E-state index < -0.39 is 11.9 Å². The van der Waals surface area contributed by atoms with Gasteiger partial charge in [0.1, 0.15) is 11.6 Å². The topological polar surface area (TPSA) is 175 Å². The molecule has 1 unspecified atom stereocenters. The number of nitrogens with zero attached hydrogens (tertiary/aromatic N) is 7. The van der Waals surface area contributed by atoms with Crippen LogP contribution >= 0.6 is 11.3 Å². The highest BCUT2D eigenvalue weighted by Crippen LogP contribution is 2.39. The molecule has 3 aliphatic heterocycles. The first kappa shape index (κ1) is 49.1. The van der Waals surface area contributed by atoms with Crippen LogP contribution in [0.15, 0.2) is 91.0 Å². The molecule has 7 aromatic rings. The molecule has 0 bridgehead atoms. The van der Waals surface area contributed by atoms with Crippen molar-refractivity contribution < 1.29 is 29.0 Å². The van der Waals surface area contributed by atoms with Crippen molar-refractivity contribution in [2.45, 2.75) is 103 Å². The molecule has 16 heteroatoms. The first-order chi connectivity index (χ1) is 35.9. The first-order valence-corrected chi connectivity index (χ1v) is 27.1. The normalized spacial score (nSPS) is 19.9. The minimum absolute atomic E-state index is 0.0189. The average molecular weight is 1010 g/mol. The molecule has 0 radical (unpaired) electrons. The fourth-order valence-electron chi connectivity index (χ4n) is 11.9. The molecule has 4 aliphatic rings. The molecule has 1 aliphatic carbocycles. The number of imide groups is 1. The van der Waals surface area contributed by atoms with Crippen molar-refractivity contribution in [1.29, 1.82) is 0 Å². The molecule has 15 nitrogen and oxygen atoms in total. The first-order valence-electron chi connectivity index (χ1n) is 26.3. The Balaban J connectivity index is 0.664. The van der Waals surface area contributed by atoms with Crippen LogP contribution in [-0.2, 0) is 29.6 Å². The molecule has 3 fully saturated rings. The molecule has 4 aromatic carbocycles. The Morgan fingerprint density at radius 3 is 2.45 bits per heavy atom. The highest BCUT2D eigenvalue weighted by molar-refractivity contribution is 7.22. The highest BCUT2D eigenvalue weighted by Gasteiger charge is 2.33. The number of hydrogen-bond acceptors (Lipinski definition) is 12. The fraction of sp³-hybridized carbons (Fsp3) is 0.397. The zero-order valence-corrected chi connectivity index (χ0v) is 43.1. The van der Waals surface area contributed by atoms with Gasteiger partial charge in [0.15, 0.2) is 10.8 Å². The van der Waals surface area contributed by atoms with Crippen molar-refractivity contribution in [3.05, 3.63) is 125 Å². The van der Waals surface area contributed by atoms with E-state index >= 15 is 0 Å². The lowest BCUT2D eigenvalue weighted by Gasteiger charge is -2.39. The third-order valence-electron chi connectivity index (χ3n) is 16.1. The number of rotatable bonds is 14. The number of carbonyl (C=O) groups is 4. The van der Waals surface area contributed by atoms with E-state index in [1.165, 1.54) is 30.6 Å². The Morgan fingerprint density at radius 2 is 1.65 bits per heavy atom. The predicted molar refractivity (Wildman–Crippen MR) is 289 cm³/mol. The molecule has 382 valence electrons. The van der Waals surface area contributed by atoms with Crippen LogP contribution in [0.3, 0.4) is 0 Å². The number of carbonyl (C=O) groups excluding carboxylic acids is 3. The van der Waals surface area contributed by atoms with Gasteiger partial charge in [0.2, 0.25) is 11.8 Å². The van der Waals surface area contributed by atoms with Gasteiger partial charge < -0.3 is 19.6 Å². The summed E-state index contributed by atoms with van der Waals surface area (Å²) in [5, 5.41) is 22.4. The number of benzene rings is 4. The van der Waals surface area contributed by atoms with E-state index in [0.29, 0.717) is 66.4 Å². The second-order valence-corrected chi connectivity index (χ2v) is 21.6. The molecule has 74 heavy (non-hydrogen) atoms. The summed E-state index contributed by atoms with van der Waals surface area (Å²) in [6, 6.07) is 30.0. The van der Waals surface area contributed by atoms with Crippen LogP contribution in [0.1, 0.15) is 114 Å². The summed E-state index contributed by atoms with van der Waals surface area (Å²) in [4.78, 5) is 67.6. The zero-order valence-electron chi connectivity index (χ0n) is 42.3. The second kappa shape index (κ2) is 21.0. The molecule has 0 spiro atoms. The van der Waals surface area contributed by atoms with Gasteiger partial charge in [0.05, 0.1) is 39.1 Å². The molecule has 3 amide bonds. The average Bonchev–Trinajstić information content (AvgIpc) is 3.99. The van der Waals surface area contributed by atoms with Gasteiger partial charge in [-0.2, -0.15) is 5.10 Å². The molecule has 1 saturated carbocycles. The lowest BCUT2D eigenvalue weighted by atomic mass is 9.84. The number of carboxylic acid groups (broad SMARTS) is 1. The van der Waals surface area contributed by atoms with Crippen LogP contribution in [0.25, 0.3) is 32.2 Å². The number of aromatic carboxylic acids is 1. The lowest BCUT2D eigenvalue weighted by Crippen LogP contribution is -2.49. The predicted octanol–water partition coefficient (Wildman–Crippen LogP) is 9.91. The van der Waals surface area contributed by atoms with E-state index in [9.17, 15) is 24.3 Å². The van der Waals surface area contributed by atoms with Crippen LogP contribution < -0.4 is 25.2 Å². The van der Waals surface area contributed by atoms with Gasteiger partial charge in [0.25, 0.3) is 5.91 Å². The van der Waals surface area contributed by atoms with Gasteiger partial charge in [0, 0.05) is 75.3 Å². The Bertz CT molecular complexity index is 3250. The van der Waals surface area contributed by atoms with Gasteiger partial charge in [-0.1, -0.05) is 72.7 Å². The standard InChI is InChI=1S/C58H63N9O6S/c1-35(65-30-32-66(33-31-65)47-17-8-15-43-52(63-64(3)54(43)47)44-25-27-51(68)61-56(44)70)10-6-11-37-20-22-39(23-21-37)73-48-18-9-13-40(36(48)2)41-24-26-50(60-53(41)57(71)72)67-29-28-38-12-7-14-42(45(38)34-67)55(69)62-58-59-46-16-4-5-19-49(46)74-58/h4-5,7-9,12-19,24,26,35,37,39,44H,6,10-11,20-23,25,27-34H2,1-3H3,(H,71,72)(H,59,62,69)(H,61,68,70)/t35-,37?,39?,44?/m0/s1. The molecule has 6 heterocycles. The van der Waals surface area contributed by atoms with E-state index in [2.05, 4.69) is 55.4 Å². The van der Waals surface area contributed by atoms with Crippen molar-refractivity contribution in [2.75, 3.05) is 47.8 Å². The van der Waals surface area contributed by atoms with Gasteiger partial charge in [-0.05, 0) is 129 Å². The number of fused-ring (bicyclic) bond motifs is 3. The third kappa shape index (κ3) is 9.96. The molecular weight excluding hydrogens is 951 g/mol. The Labute approximate surface area is 434 Å². The van der Waals surface area contributed by atoms with Crippen LogP contribution in [0.5, 0.6) is 5.75 Å². The summed E-state index contributed by atoms with van der Waals surface area (Å²) < 4.78 is 9.61. The van der Waals surface area contributed by atoms with Crippen molar-refractivity contribution >= 4 is 72.8 Å². The number of pyridine rings is 1. The Hall–Kier alpha value is -7.17. The number of aryl methyl sites for hydroxylation is 1. The highest BCUT2D eigenvalue weighted by atomic mass is 32.1. The fourth-order valence-corrected chi connectivity index (χ4v) is 12.8. The maximum absolute atomic E-state index is 13.7. The van der Waals surface area contributed by atoms with Crippen LogP contribution in [0, 0.1) is 12.8 Å². The maximum Gasteiger partial charge on any atom is 0.355 e. The Kier molecular flexibility index (Phi) is 13.9. The zero-order chi connectivity index (χ0) is 51.0. The van der Waals surface area contributed by atoms with Crippen molar-refractivity contribution in [3.63, 3.8) is 0 Å². The van der Waals surface area contributed by atoms with E-state index in [-0.39, 0.29) is 29.5 Å². The molecular formula is C58H63N9O6S. The number of piperidine rings is 1. The number of hydrogen-bond donors (Lipinski definition) is 3. The lowest BCUT2D eigenvalue weighted by molar-refractivity contribution is -0.134. The summed E-state index contributed by atoms with van der Waals surface area (Å²) in [7, 11) is 1.95. The van der Waals surface area contributed by atoms with Gasteiger partial charge in [-0.3, -0.25) is 34.6 Å². The van der Waals surface area contributed by atoms with Crippen molar-refractivity contribution in [2.24, 2.45) is 13.0 Å². The SMILES string of the molecule is Cc1c(OC2CCC(CCC[C@H](C)N3CCN(c4cccc5c(C6CCC(=O)NC6=O)nn(C)c45)CC3)CC2)cccc1-c1ccc(N2CCc3cccc(C(=O)Nc4nc5ccccc5s4)c3C2)nc1C(=O)O. The summed E-state index contributed by atoms with van der Waals surface area (Å²) in [6.45, 7) is 9.24. The number of amides is 3. The number of nitrogens with one attached hydrogen (secondary N) is 2. The number of piperazine rings is 1. The van der Waals surface area contributed by atoms with E-state index in [1.807, 2.05) is 91.4 Å². The van der Waals surface area contributed by atoms with Gasteiger partial charge in [-0.25, -0.2) is 14.8 Å². The molecule has 2 atom stereocenters. The van der Waals surface area contributed by atoms with E-state index in [0.717, 1.165) is 112 Å². The number of carboxylic acids is 1. The van der Waals surface area contributed by atoms with Crippen molar-refractivity contribution in [1.82, 2.24) is 30.0 Å². The van der Waals surface area contributed by atoms with Crippen LogP contribution in [-0.4, -0.2) is 98.3 Å². The summed E-state index contributed by atoms with van der Waals surface area (Å²) in [6.07, 6.45) is 9.44. The molecule has 3 aromatic heterocycles. The largest absolute Gasteiger partial charge is 0.490 e. The molecule has 3 N–H and O–H groups in total. The van der Waals surface area contributed by atoms with E-state index in [1.54, 1.807) is 0 Å². The number of para-hydroxylation sites is 2. The quantitative estimate of drug-likeness (QED) is 0.0881. The summed E-state index contributed by atoms with van der Waals surface area (Å²) >= 11 is 1.44. The van der Waals surface area contributed by atoms with E-state index in [4.69, 9.17) is 14.8 Å². The molecule has 11 rings (SSSR count). The summed E-state index contributed by atoms with van der Waals surface area (Å²) in [5.41, 5.74) is 8.53. The number of anilines is 3. The minimum Gasteiger partial charge on any atom is -0.490 e. The number of ether oxygens (including phenoxy) is 1. The Morgan fingerprint density at radius 1 is 0.851 bits per heavy atom.